The highest BCUT2D eigenvalue weighted by Crippen LogP contribution is 2.37. The van der Waals surface area contributed by atoms with Gasteiger partial charge in [0.2, 0.25) is 5.91 Å². The van der Waals surface area contributed by atoms with Crippen molar-refractivity contribution in [1.82, 2.24) is 10.2 Å². The van der Waals surface area contributed by atoms with Crippen molar-refractivity contribution in [3.05, 3.63) is 72.3 Å². The number of nitrogens with zero attached hydrogens (tertiary/aromatic N) is 1. The molecule has 1 heterocycles. The van der Waals surface area contributed by atoms with Crippen LogP contribution in [0, 0.1) is 5.92 Å². The van der Waals surface area contributed by atoms with Gasteiger partial charge in [-0.05, 0) is 117 Å². The number of hydrogen-bond acceptors (Lipinski definition) is 9. The van der Waals surface area contributed by atoms with Crippen LogP contribution in [0.5, 0.6) is 11.5 Å². The van der Waals surface area contributed by atoms with E-state index in [0.29, 0.717) is 17.9 Å². The minimum atomic E-state index is -3.28. The Morgan fingerprint density at radius 1 is 0.904 bits per heavy atom. The van der Waals surface area contributed by atoms with Gasteiger partial charge in [-0.15, -0.1) is 0 Å². The summed E-state index contributed by atoms with van der Waals surface area (Å²) in [6.07, 6.45) is 1.07. The maximum Gasteiger partial charge on any atom is 0.298 e. The van der Waals surface area contributed by atoms with Gasteiger partial charge in [-0.25, -0.2) is 4.39 Å². The van der Waals surface area contributed by atoms with Crippen molar-refractivity contribution in [3.8, 4) is 11.5 Å². The number of carbonyl (C=O) groups is 1. The SMILES string of the molecule is C=CC(=O)NC(C)(C)C.CC(C)(C)N1CC1.CC(C)(C)OS(C)(=O)=O.CC(CO)COc1ccc(C(F)(F)c2ccc(OCC(O)CF)cc2)cc1. The molecule has 0 aliphatic carbocycles. The lowest BCUT2D eigenvalue weighted by molar-refractivity contribution is -0.117. The predicted molar refractivity (Wildman–Crippen MR) is 200 cm³/mol. The summed E-state index contributed by atoms with van der Waals surface area (Å²) in [5.41, 5.74) is -0.714. The lowest BCUT2D eigenvalue weighted by Crippen LogP contribution is -2.39. The van der Waals surface area contributed by atoms with Crippen molar-refractivity contribution in [3.63, 3.8) is 0 Å². The molecular weight excluding hydrogens is 701 g/mol. The number of aliphatic hydroxyl groups excluding tert-OH is 2. The molecule has 2 unspecified atom stereocenters. The molecule has 1 amide bonds. The van der Waals surface area contributed by atoms with Crippen LogP contribution in [0.25, 0.3) is 0 Å². The minimum Gasteiger partial charge on any atom is -0.493 e. The van der Waals surface area contributed by atoms with E-state index < -0.39 is 34.4 Å². The van der Waals surface area contributed by atoms with Crippen molar-refractivity contribution in [2.45, 2.75) is 97.9 Å². The molecular formula is C38H61F3N2O8S. The second-order valence-corrected chi connectivity index (χ2v) is 16.9. The number of carbonyl (C=O) groups excluding carboxylic acids is 1. The molecule has 1 aliphatic heterocycles. The quantitative estimate of drug-likeness (QED) is 0.126. The van der Waals surface area contributed by atoms with Crippen LogP contribution in [0.2, 0.25) is 0 Å². The van der Waals surface area contributed by atoms with Crippen LogP contribution < -0.4 is 14.8 Å². The zero-order chi connectivity index (χ0) is 40.6. The second kappa shape index (κ2) is 21.5. The van der Waals surface area contributed by atoms with Gasteiger partial charge >= 0.3 is 0 Å². The van der Waals surface area contributed by atoms with Gasteiger partial charge in [0.1, 0.15) is 30.9 Å². The highest BCUT2D eigenvalue weighted by Gasteiger charge is 2.34. The average molecular weight is 763 g/mol. The number of alkyl halides is 3. The number of benzene rings is 2. The van der Waals surface area contributed by atoms with Crippen molar-refractivity contribution < 1.29 is 50.3 Å². The number of nitrogens with one attached hydrogen (secondary N) is 1. The summed E-state index contributed by atoms with van der Waals surface area (Å²) >= 11 is 0. The minimum absolute atomic E-state index is 0.0113. The summed E-state index contributed by atoms with van der Waals surface area (Å²) < 4.78 is 77.6. The maximum atomic E-state index is 14.7. The van der Waals surface area contributed by atoms with Crippen LogP contribution >= 0.6 is 0 Å². The molecule has 2 aromatic rings. The molecule has 0 bridgehead atoms. The van der Waals surface area contributed by atoms with Crippen LogP contribution in [-0.2, 0) is 25.0 Å². The Balaban J connectivity index is 0.000000840. The first kappa shape index (κ1) is 48.8. The van der Waals surface area contributed by atoms with Gasteiger partial charge in [0.15, 0.2) is 0 Å². The van der Waals surface area contributed by atoms with Gasteiger partial charge in [-0.2, -0.15) is 17.2 Å². The summed E-state index contributed by atoms with van der Waals surface area (Å²) in [4.78, 5) is 13.0. The fourth-order valence-electron chi connectivity index (χ4n) is 3.81. The number of halogens is 3. The predicted octanol–water partition coefficient (Wildman–Crippen LogP) is 6.49. The highest BCUT2D eigenvalue weighted by atomic mass is 32.2. The van der Waals surface area contributed by atoms with Crippen LogP contribution in [0.1, 0.15) is 80.4 Å². The number of aliphatic hydroxyl groups is 2. The monoisotopic (exact) mass is 762 g/mol. The number of amides is 1. The fraction of sp³-hybridized carbons (Fsp3) is 0.605. The molecule has 14 heteroatoms. The Hall–Kier alpha value is -3.17. The van der Waals surface area contributed by atoms with Crippen LogP contribution in [0.15, 0.2) is 61.2 Å². The van der Waals surface area contributed by atoms with Gasteiger partial charge < -0.3 is 25.0 Å². The Kier molecular flexibility index (Phi) is 20.2. The highest BCUT2D eigenvalue weighted by molar-refractivity contribution is 7.86. The topological polar surface area (TPSA) is 134 Å². The molecule has 298 valence electrons. The van der Waals surface area contributed by atoms with E-state index in [1.807, 2.05) is 27.7 Å². The van der Waals surface area contributed by atoms with E-state index in [-0.39, 0.29) is 47.5 Å². The van der Waals surface area contributed by atoms with Gasteiger partial charge in [0, 0.05) is 47.8 Å². The van der Waals surface area contributed by atoms with E-state index in [4.69, 9.17) is 19.7 Å². The summed E-state index contributed by atoms with van der Waals surface area (Å²) in [5, 5.41) is 20.8. The molecule has 2 atom stereocenters. The summed E-state index contributed by atoms with van der Waals surface area (Å²) in [5.74, 6) is -2.66. The first-order chi connectivity index (χ1) is 23.6. The van der Waals surface area contributed by atoms with Crippen LogP contribution in [0.4, 0.5) is 13.2 Å². The van der Waals surface area contributed by atoms with E-state index in [1.54, 1.807) is 20.8 Å². The standard InChI is InChI=1S/C20H23F3O4.C7H13NO.C6H13N.C5H12O3S/c1-14(11-24)12-26-18-6-2-15(3-7-18)20(22,23)16-4-8-19(9-5-16)27-13-17(25)10-21;1-5-6(9)8-7(2,3)4;1-6(2,3)7-4-5-7;1-5(2,3)8-9(4,6)7/h2-9,14,17,24-25H,10-13H2,1H3;5H,1H2,2-4H3,(H,8,9);4-5H2,1-3H3;1-4H3. The molecule has 1 fully saturated rings. The summed E-state index contributed by atoms with van der Waals surface area (Å²) in [6.45, 7) is 24.5. The number of rotatable bonds is 12. The lowest BCUT2D eigenvalue weighted by atomic mass is 10.0. The molecule has 10 nitrogen and oxygen atoms in total. The molecule has 0 radical (unpaired) electrons. The molecule has 1 aliphatic rings. The molecule has 0 aromatic heterocycles. The van der Waals surface area contributed by atoms with E-state index in [1.165, 1.54) is 67.7 Å². The lowest BCUT2D eigenvalue weighted by Gasteiger charge is -2.18. The Labute approximate surface area is 309 Å². The van der Waals surface area contributed by atoms with Crippen LogP contribution in [0.3, 0.4) is 0 Å². The van der Waals surface area contributed by atoms with E-state index in [0.717, 1.165) is 6.26 Å². The second-order valence-electron chi connectivity index (χ2n) is 15.3. The molecule has 0 saturated carbocycles. The molecule has 1 saturated heterocycles. The molecule has 2 aromatic carbocycles. The molecule has 3 N–H and O–H groups in total. The van der Waals surface area contributed by atoms with Gasteiger partial charge in [0.05, 0.1) is 18.5 Å². The zero-order valence-electron chi connectivity index (χ0n) is 32.6. The molecule has 3 rings (SSSR count). The van der Waals surface area contributed by atoms with Gasteiger partial charge in [0.25, 0.3) is 16.0 Å². The van der Waals surface area contributed by atoms with Crippen molar-refractivity contribution in [1.29, 1.82) is 0 Å². The van der Waals surface area contributed by atoms with Crippen molar-refractivity contribution in [2.24, 2.45) is 5.92 Å². The normalized spacial score (nSPS) is 14.5. The number of hydrogen-bond donors (Lipinski definition) is 3. The Morgan fingerprint density at radius 3 is 1.56 bits per heavy atom. The summed E-state index contributed by atoms with van der Waals surface area (Å²) in [6, 6.07) is 10.7. The van der Waals surface area contributed by atoms with Gasteiger partial charge in [-0.1, -0.05) is 13.5 Å². The Morgan fingerprint density at radius 2 is 1.33 bits per heavy atom. The molecule has 52 heavy (non-hydrogen) atoms. The fourth-order valence-corrected chi connectivity index (χ4v) is 4.72. The third kappa shape index (κ3) is 23.4. The van der Waals surface area contributed by atoms with Gasteiger partial charge in [-0.3, -0.25) is 13.9 Å². The first-order valence-corrected chi connectivity index (χ1v) is 18.7. The third-order valence-corrected chi connectivity index (χ3v) is 7.18. The largest absolute Gasteiger partial charge is 0.493 e. The average Bonchev–Trinajstić information content (AvgIpc) is 3.88. The van der Waals surface area contributed by atoms with Crippen molar-refractivity contribution >= 4 is 16.0 Å². The van der Waals surface area contributed by atoms with E-state index in [2.05, 4.69) is 41.7 Å². The van der Waals surface area contributed by atoms with Crippen LogP contribution in [-0.4, -0.2) is 98.1 Å². The Bertz CT molecular complexity index is 1370. The zero-order valence-corrected chi connectivity index (χ0v) is 33.5. The van der Waals surface area contributed by atoms with E-state index >= 15 is 0 Å². The smallest absolute Gasteiger partial charge is 0.298 e. The third-order valence-electron chi connectivity index (χ3n) is 6.38. The maximum absolute atomic E-state index is 14.7. The molecule has 0 spiro atoms. The van der Waals surface area contributed by atoms with Crippen molar-refractivity contribution in [2.75, 3.05) is 45.8 Å². The summed E-state index contributed by atoms with van der Waals surface area (Å²) in [7, 11) is -3.28. The van der Waals surface area contributed by atoms with E-state index in [9.17, 15) is 26.4 Å². The number of ether oxygens (including phenoxy) is 2. The first-order valence-electron chi connectivity index (χ1n) is 16.9.